The molecule has 3 nitrogen and oxygen atoms in total. The molecule has 5 aliphatic rings. The molecule has 0 bridgehead atoms. The van der Waals surface area contributed by atoms with E-state index < -0.39 is 10.0 Å². The third-order valence-corrected chi connectivity index (χ3v) is 11.8. The van der Waals surface area contributed by atoms with Crippen molar-refractivity contribution in [2.24, 2.45) is 35.5 Å². The first kappa shape index (κ1) is 21.4. The number of fused-ring (bicyclic) bond motifs is 7. The first-order valence-electron chi connectivity index (χ1n) is 13.4. The quantitative estimate of drug-likeness (QED) is 0.533. The highest BCUT2D eigenvalue weighted by atomic mass is 32.2. The fraction of sp³-hybridized carbons (Fsp3) is 0.714. The molecule has 0 radical (unpaired) electrons. The highest BCUT2D eigenvalue weighted by molar-refractivity contribution is 7.89. The van der Waals surface area contributed by atoms with E-state index in [1.54, 1.807) is 17.7 Å². The van der Waals surface area contributed by atoms with Crippen molar-refractivity contribution in [3.05, 3.63) is 42.0 Å². The van der Waals surface area contributed by atoms with Crippen molar-refractivity contribution in [3.8, 4) is 0 Å². The van der Waals surface area contributed by atoms with Gasteiger partial charge in [0, 0.05) is 5.54 Å². The predicted molar refractivity (Wildman–Crippen MR) is 129 cm³/mol. The lowest BCUT2D eigenvalue weighted by molar-refractivity contribution is 0.00439. The van der Waals surface area contributed by atoms with Crippen LogP contribution in [0.5, 0.6) is 0 Å². The van der Waals surface area contributed by atoms with Gasteiger partial charge >= 0.3 is 0 Å². The van der Waals surface area contributed by atoms with Crippen LogP contribution < -0.4 is 4.72 Å². The summed E-state index contributed by atoms with van der Waals surface area (Å²) in [5, 5.41) is 0. The van der Waals surface area contributed by atoms with E-state index in [9.17, 15) is 8.42 Å². The van der Waals surface area contributed by atoms with Crippen LogP contribution >= 0.6 is 0 Å². The highest BCUT2D eigenvalue weighted by Crippen LogP contribution is 2.59. The van der Waals surface area contributed by atoms with Gasteiger partial charge in [-0.2, -0.15) is 0 Å². The molecule has 4 fully saturated rings. The molecule has 4 saturated carbocycles. The summed E-state index contributed by atoms with van der Waals surface area (Å²) in [5.41, 5.74) is 1.38. The summed E-state index contributed by atoms with van der Waals surface area (Å²) in [6.07, 6.45) is 19.3. The Morgan fingerprint density at radius 1 is 0.781 bits per heavy atom. The van der Waals surface area contributed by atoms with Gasteiger partial charge in [0.15, 0.2) is 0 Å². The number of hydrogen-bond acceptors (Lipinski definition) is 2. The van der Waals surface area contributed by atoms with Gasteiger partial charge in [-0.15, -0.1) is 0 Å². The topological polar surface area (TPSA) is 46.2 Å². The van der Waals surface area contributed by atoms with Gasteiger partial charge in [-0.25, -0.2) is 13.1 Å². The largest absolute Gasteiger partial charge is 0.241 e. The Labute approximate surface area is 194 Å². The molecule has 5 aliphatic carbocycles. The number of hydrogen-bond donors (Lipinski definition) is 1. The maximum atomic E-state index is 13.4. The molecule has 0 heterocycles. The predicted octanol–water partition coefficient (Wildman–Crippen LogP) is 6.47. The lowest BCUT2D eigenvalue weighted by atomic mass is 9.50. The van der Waals surface area contributed by atoms with Gasteiger partial charge in [-0.1, -0.05) is 62.0 Å². The first-order valence-corrected chi connectivity index (χ1v) is 14.8. The lowest BCUT2D eigenvalue weighted by Gasteiger charge is -2.57. The minimum absolute atomic E-state index is 0.274. The van der Waals surface area contributed by atoms with Crippen molar-refractivity contribution in [2.75, 3.05) is 0 Å². The Kier molecular flexibility index (Phi) is 5.53. The summed E-state index contributed by atoms with van der Waals surface area (Å²) in [6, 6.07) is 9.00. The second-order valence-electron chi connectivity index (χ2n) is 11.6. The average Bonchev–Trinajstić information content (AvgIpc) is 2.83. The Morgan fingerprint density at radius 2 is 1.59 bits per heavy atom. The Balaban J connectivity index is 1.30. The van der Waals surface area contributed by atoms with E-state index in [-0.39, 0.29) is 5.54 Å². The Bertz CT molecular complexity index is 970. The van der Waals surface area contributed by atoms with Crippen LogP contribution in [0, 0.1) is 35.5 Å². The second kappa shape index (κ2) is 8.27. The molecule has 6 rings (SSSR count). The van der Waals surface area contributed by atoms with Gasteiger partial charge in [0.25, 0.3) is 0 Å². The van der Waals surface area contributed by atoms with Gasteiger partial charge in [-0.05, 0) is 99.0 Å². The number of sulfonamides is 1. The molecule has 4 heteroatoms. The third kappa shape index (κ3) is 3.52. The van der Waals surface area contributed by atoms with Crippen LogP contribution in [0.3, 0.4) is 0 Å². The zero-order valence-corrected chi connectivity index (χ0v) is 20.2. The summed E-state index contributed by atoms with van der Waals surface area (Å²) in [4.78, 5) is 0.411. The molecule has 7 atom stereocenters. The molecule has 0 spiro atoms. The van der Waals surface area contributed by atoms with Crippen LogP contribution in [0.4, 0.5) is 0 Å². The zero-order valence-electron chi connectivity index (χ0n) is 19.3. The van der Waals surface area contributed by atoms with Crippen LogP contribution in [0.2, 0.25) is 0 Å². The average molecular weight is 454 g/mol. The van der Waals surface area contributed by atoms with Gasteiger partial charge in [-0.3, -0.25) is 0 Å². The summed E-state index contributed by atoms with van der Waals surface area (Å²) >= 11 is 0. The van der Waals surface area contributed by atoms with E-state index >= 15 is 0 Å². The number of rotatable bonds is 3. The van der Waals surface area contributed by atoms with Crippen molar-refractivity contribution in [1.82, 2.24) is 4.72 Å². The van der Waals surface area contributed by atoms with Crippen molar-refractivity contribution in [2.45, 2.75) is 93.9 Å². The summed E-state index contributed by atoms with van der Waals surface area (Å²) in [7, 11) is -3.49. The van der Waals surface area contributed by atoms with Crippen LogP contribution in [0.25, 0.3) is 0 Å². The first-order chi connectivity index (χ1) is 15.6. The normalized spacial score (nSPS) is 41.4. The molecule has 1 aromatic rings. The Morgan fingerprint density at radius 3 is 2.47 bits per heavy atom. The standard InChI is InChI=1S/C28H39NO2S/c30-32(31,21-9-2-1-3-10-21)29-28-18-7-6-12-27(28)26-16-15-23-22-11-5-4-8-20(22)13-14-24(23)25(26)17-19-28/h1-3,9-10,16,20,22-25,27,29H,4-8,11-15,17-19H2. The van der Waals surface area contributed by atoms with Crippen LogP contribution in [-0.2, 0) is 10.0 Å². The molecule has 0 amide bonds. The maximum absolute atomic E-state index is 13.4. The minimum Gasteiger partial charge on any atom is -0.207 e. The molecule has 0 saturated heterocycles. The van der Waals surface area contributed by atoms with E-state index in [0.717, 1.165) is 49.4 Å². The second-order valence-corrected chi connectivity index (χ2v) is 13.3. The SMILES string of the molecule is O=S(=O)(NC12CCCCC1C1=CCC3C4CCCCC4CCC3C1CC2)c1ccccc1. The Hall–Kier alpha value is -1.13. The molecule has 32 heavy (non-hydrogen) atoms. The fourth-order valence-electron chi connectivity index (χ4n) is 8.93. The molecule has 1 N–H and O–H groups in total. The minimum atomic E-state index is -3.49. The maximum Gasteiger partial charge on any atom is 0.241 e. The van der Waals surface area contributed by atoms with Crippen molar-refractivity contribution >= 4 is 10.0 Å². The van der Waals surface area contributed by atoms with Gasteiger partial charge in [0.05, 0.1) is 4.90 Å². The molecule has 7 unspecified atom stereocenters. The van der Waals surface area contributed by atoms with Crippen molar-refractivity contribution in [1.29, 1.82) is 0 Å². The smallest absolute Gasteiger partial charge is 0.207 e. The van der Waals surface area contributed by atoms with E-state index in [1.165, 1.54) is 57.8 Å². The molecule has 0 aromatic heterocycles. The monoisotopic (exact) mass is 453 g/mol. The van der Waals surface area contributed by atoms with Crippen LogP contribution in [0.15, 0.2) is 46.9 Å². The molecular weight excluding hydrogens is 414 g/mol. The molecule has 174 valence electrons. The van der Waals surface area contributed by atoms with Gasteiger partial charge in [0.1, 0.15) is 0 Å². The van der Waals surface area contributed by atoms with E-state index in [4.69, 9.17) is 0 Å². The van der Waals surface area contributed by atoms with Gasteiger partial charge < -0.3 is 0 Å². The number of allylic oxidation sites excluding steroid dienone is 1. The third-order valence-electron chi connectivity index (χ3n) is 10.2. The molecule has 1 aromatic carbocycles. The summed E-state index contributed by atoms with van der Waals surface area (Å²) < 4.78 is 30.0. The summed E-state index contributed by atoms with van der Waals surface area (Å²) in [6.45, 7) is 0. The van der Waals surface area contributed by atoms with E-state index in [0.29, 0.717) is 16.7 Å². The number of nitrogens with one attached hydrogen (secondary N) is 1. The van der Waals surface area contributed by atoms with Gasteiger partial charge in [0.2, 0.25) is 10.0 Å². The van der Waals surface area contributed by atoms with Crippen molar-refractivity contribution in [3.63, 3.8) is 0 Å². The van der Waals surface area contributed by atoms with E-state index in [2.05, 4.69) is 10.8 Å². The van der Waals surface area contributed by atoms with E-state index in [1.807, 2.05) is 18.2 Å². The van der Waals surface area contributed by atoms with Crippen LogP contribution in [0.1, 0.15) is 83.5 Å². The lowest BCUT2D eigenvalue weighted by Crippen LogP contribution is -2.59. The summed E-state index contributed by atoms with van der Waals surface area (Å²) in [5.74, 6) is 4.84. The zero-order chi connectivity index (χ0) is 21.8. The van der Waals surface area contributed by atoms with Crippen molar-refractivity contribution < 1.29 is 8.42 Å². The molecule has 0 aliphatic heterocycles. The highest BCUT2D eigenvalue weighted by Gasteiger charge is 2.54. The van der Waals surface area contributed by atoms with Crippen LogP contribution in [-0.4, -0.2) is 14.0 Å². The number of benzene rings is 1. The molecular formula is C28H39NO2S. The fourth-order valence-corrected chi connectivity index (χ4v) is 10.4.